The van der Waals surface area contributed by atoms with Gasteiger partial charge in [-0.05, 0) is 49.4 Å². The van der Waals surface area contributed by atoms with Gasteiger partial charge in [-0.15, -0.1) is 11.3 Å². The Hall–Kier alpha value is -2.39. The summed E-state index contributed by atoms with van der Waals surface area (Å²) in [6, 6.07) is 6.43. The van der Waals surface area contributed by atoms with E-state index in [9.17, 15) is 18.0 Å². The number of anilines is 1. The van der Waals surface area contributed by atoms with E-state index < -0.39 is 9.84 Å². The van der Waals surface area contributed by atoms with E-state index in [2.05, 4.69) is 10.6 Å². The van der Waals surface area contributed by atoms with E-state index in [1.54, 1.807) is 24.3 Å². The Morgan fingerprint density at radius 3 is 2.76 bits per heavy atom. The lowest BCUT2D eigenvalue weighted by atomic mass is 10.1. The van der Waals surface area contributed by atoms with E-state index in [0.717, 1.165) is 29.7 Å². The van der Waals surface area contributed by atoms with Crippen molar-refractivity contribution < 1.29 is 22.7 Å². The molecule has 1 aromatic heterocycles. The molecule has 1 saturated heterocycles. The third kappa shape index (κ3) is 4.16. The standard InChI is InChI=1S/C20H22N2O5S2/c1-27-14-5-2-4-12(10-14)18(23)22-20-17(15-6-3-7-16(15)28-20)19(24)21-13-8-9-29(25,26)11-13/h2,4-5,10,13H,3,6-9,11H2,1H3,(H,21,24)(H,22,23)/t13-/m0/s1. The number of nitrogens with one attached hydrogen (secondary N) is 2. The lowest BCUT2D eigenvalue weighted by Crippen LogP contribution is -2.36. The van der Waals surface area contributed by atoms with Crippen LogP contribution >= 0.6 is 11.3 Å². The van der Waals surface area contributed by atoms with Crippen LogP contribution in [0.25, 0.3) is 0 Å². The van der Waals surface area contributed by atoms with Crippen LogP contribution in [0.1, 0.15) is 44.0 Å². The molecule has 29 heavy (non-hydrogen) atoms. The largest absolute Gasteiger partial charge is 0.497 e. The summed E-state index contributed by atoms with van der Waals surface area (Å²) in [4.78, 5) is 26.9. The predicted molar refractivity (Wildman–Crippen MR) is 112 cm³/mol. The molecular formula is C20H22N2O5S2. The minimum atomic E-state index is -3.09. The summed E-state index contributed by atoms with van der Waals surface area (Å²) in [5, 5.41) is 6.24. The number of rotatable bonds is 5. The molecule has 2 heterocycles. The Morgan fingerprint density at radius 1 is 1.21 bits per heavy atom. The molecule has 0 saturated carbocycles. The van der Waals surface area contributed by atoms with Crippen LogP contribution in [0.4, 0.5) is 5.00 Å². The third-order valence-corrected chi connectivity index (χ3v) is 8.25. The molecule has 4 rings (SSSR count). The normalized spacial score (nSPS) is 19.6. The van der Waals surface area contributed by atoms with Crippen LogP contribution in [-0.2, 0) is 22.7 Å². The number of carbonyl (C=O) groups excluding carboxylic acids is 2. The van der Waals surface area contributed by atoms with Gasteiger partial charge in [-0.2, -0.15) is 0 Å². The van der Waals surface area contributed by atoms with E-state index in [0.29, 0.717) is 28.3 Å². The average Bonchev–Trinajstić information content (AvgIpc) is 3.35. The smallest absolute Gasteiger partial charge is 0.256 e. The highest BCUT2D eigenvalue weighted by Crippen LogP contribution is 2.39. The van der Waals surface area contributed by atoms with Gasteiger partial charge in [-0.1, -0.05) is 6.07 Å². The lowest BCUT2D eigenvalue weighted by Gasteiger charge is -2.13. The summed E-state index contributed by atoms with van der Waals surface area (Å²) < 4.78 is 28.6. The Balaban J connectivity index is 1.58. The molecule has 0 unspecified atom stereocenters. The molecule has 0 radical (unpaired) electrons. The number of fused-ring (bicyclic) bond motifs is 1. The second-order valence-corrected chi connectivity index (χ2v) is 10.7. The van der Waals surface area contributed by atoms with Crippen LogP contribution in [0.3, 0.4) is 0 Å². The Labute approximate surface area is 173 Å². The van der Waals surface area contributed by atoms with Gasteiger partial charge in [-0.25, -0.2) is 8.42 Å². The van der Waals surface area contributed by atoms with Gasteiger partial charge in [0.05, 0.1) is 24.2 Å². The summed E-state index contributed by atoms with van der Waals surface area (Å²) in [5.41, 5.74) is 1.88. The molecule has 2 amide bonds. The number of hydrogen-bond donors (Lipinski definition) is 2. The maximum absolute atomic E-state index is 13.0. The summed E-state index contributed by atoms with van der Waals surface area (Å²) in [6.45, 7) is 0. The molecule has 0 spiro atoms. The Kier molecular flexibility index (Phi) is 5.35. The SMILES string of the molecule is COc1cccc(C(=O)Nc2sc3c(c2C(=O)N[C@H]2CCS(=O)(=O)C2)CCC3)c1. The topological polar surface area (TPSA) is 102 Å². The van der Waals surface area contributed by atoms with Crippen LogP contribution in [-0.4, -0.2) is 44.9 Å². The fourth-order valence-corrected chi connectivity index (χ4v) is 6.79. The Morgan fingerprint density at radius 2 is 2.03 bits per heavy atom. The van der Waals surface area contributed by atoms with Crippen molar-refractivity contribution in [2.24, 2.45) is 0 Å². The van der Waals surface area contributed by atoms with E-state index in [1.165, 1.54) is 18.4 Å². The van der Waals surface area contributed by atoms with E-state index in [-0.39, 0.29) is 29.4 Å². The maximum Gasteiger partial charge on any atom is 0.256 e. The number of carbonyl (C=O) groups is 2. The van der Waals surface area contributed by atoms with Crippen molar-refractivity contribution >= 4 is 38.0 Å². The van der Waals surface area contributed by atoms with Gasteiger partial charge in [0.25, 0.3) is 11.8 Å². The van der Waals surface area contributed by atoms with E-state index in [1.807, 2.05) is 0 Å². The van der Waals surface area contributed by atoms with Crippen LogP contribution in [0.5, 0.6) is 5.75 Å². The molecule has 9 heteroatoms. The molecular weight excluding hydrogens is 412 g/mol. The number of aryl methyl sites for hydroxylation is 1. The molecule has 1 fully saturated rings. The van der Waals surface area contributed by atoms with Crippen molar-refractivity contribution in [3.8, 4) is 5.75 Å². The third-order valence-electron chi connectivity index (χ3n) is 5.28. The highest BCUT2D eigenvalue weighted by atomic mass is 32.2. The molecule has 1 atom stereocenters. The quantitative estimate of drug-likeness (QED) is 0.753. The van der Waals surface area contributed by atoms with Crippen molar-refractivity contribution in [1.82, 2.24) is 5.32 Å². The zero-order valence-corrected chi connectivity index (χ0v) is 17.6. The molecule has 1 aliphatic heterocycles. The zero-order chi connectivity index (χ0) is 20.6. The lowest BCUT2D eigenvalue weighted by molar-refractivity contribution is 0.0941. The van der Waals surface area contributed by atoms with Gasteiger partial charge in [0.1, 0.15) is 10.8 Å². The number of benzene rings is 1. The first-order valence-corrected chi connectivity index (χ1v) is 12.1. The van der Waals surface area contributed by atoms with Gasteiger partial charge < -0.3 is 15.4 Å². The second kappa shape index (κ2) is 7.79. The summed E-state index contributed by atoms with van der Waals surface area (Å²) in [5.74, 6) is 0.0101. The van der Waals surface area contributed by atoms with E-state index in [4.69, 9.17) is 4.74 Å². The summed E-state index contributed by atoms with van der Waals surface area (Å²) in [6.07, 6.45) is 3.06. The molecule has 1 aromatic carbocycles. The van der Waals surface area contributed by atoms with Crippen molar-refractivity contribution in [1.29, 1.82) is 0 Å². The first-order chi connectivity index (χ1) is 13.9. The number of amides is 2. The van der Waals surface area contributed by atoms with Crippen molar-refractivity contribution in [3.05, 3.63) is 45.8 Å². The first-order valence-electron chi connectivity index (χ1n) is 9.47. The number of methoxy groups -OCH3 is 1. The fraction of sp³-hybridized carbons (Fsp3) is 0.400. The van der Waals surface area contributed by atoms with Crippen molar-refractivity contribution in [3.63, 3.8) is 0 Å². The predicted octanol–water partition coefficient (Wildman–Crippen LogP) is 2.41. The average molecular weight is 435 g/mol. The van der Waals surface area contributed by atoms with Crippen LogP contribution in [0.2, 0.25) is 0 Å². The van der Waals surface area contributed by atoms with Gasteiger partial charge >= 0.3 is 0 Å². The number of thiophene rings is 1. The minimum absolute atomic E-state index is 0.0312. The van der Waals surface area contributed by atoms with Gasteiger partial charge in [-0.3, -0.25) is 9.59 Å². The maximum atomic E-state index is 13.0. The number of sulfone groups is 1. The Bertz CT molecular complexity index is 1070. The van der Waals surface area contributed by atoms with Crippen LogP contribution in [0.15, 0.2) is 24.3 Å². The van der Waals surface area contributed by atoms with E-state index >= 15 is 0 Å². The van der Waals surface area contributed by atoms with Gasteiger partial charge in [0.15, 0.2) is 9.84 Å². The molecule has 0 bridgehead atoms. The van der Waals surface area contributed by atoms with Crippen molar-refractivity contribution in [2.45, 2.75) is 31.7 Å². The monoisotopic (exact) mass is 434 g/mol. The van der Waals surface area contributed by atoms with Gasteiger partial charge in [0, 0.05) is 16.5 Å². The molecule has 7 nitrogen and oxygen atoms in total. The number of ether oxygens (including phenoxy) is 1. The van der Waals surface area contributed by atoms with Gasteiger partial charge in [0.2, 0.25) is 0 Å². The summed E-state index contributed by atoms with van der Waals surface area (Å²) in [7, 11) is -1.55. The van der Waals surface area contributed by atoms with Crippen molar-refractivity contribution in [2.75, 3.05) is 23.9 Å². The number of hydrogen-bond acceptors (Lipinski definition) is 6. The molecule has 2 aliphatic rings. The molecule has 1 aliphatic carbocycles. The minimum Gasteiger partial charge on any atom is -0.497 e. The fourth-order valence-electron chi connectivity index (χ4n) is 3.84. The second-order valence-electron chi connectivity index (χ2n) is 7.32. The summed E-state index contributed by atoms with van der Waals surface area (Å²) >= 11 is 1.43. The highest BCUT2D eigenvalue weighted by Gasteiger charge is 2.32. The van der Waals surface area contributed by atoms with Crippen LogP contribution < -0.4 is 15.4 Å². The molecule has 2 aromatic rings. The van der Waals surface area contributed by atoms with Crippen LogP contribution in [0, 0.1) is 0 Å². The zero-order valence-electron chi connectivity index (χ0n) is 16.0. The highest BCUT2D eigenvalue weighted by molar-refractivity contribution is 7.91. The first kappa shape index (κ1) is 19.9. The molecule has 2 N–H and O–H groups in total. The molecule has 154 valence electrons.